The Hall–Kier alpha value is -2.96. The van der Waals surface area contributed by atoms with E-state index in [4.69, 9.17) is 0 Å². The molecule has 0 radical (unpaired) electrons. The first-order valence-electron chi connectivity index (χ1n) is 10.3. The van der Waals surface area contributed by atoms with E-state index in [1.165, 1.54) is 6.42 Å². The predicted molar refractivity (Wildman–Crippen MR) is 110 cm³/mol. The first-order chi connectivity index (χ1) is 14.0. The molecule has 29 heavy (non-hydrogen) atoms. The lowest BCUT2D eigenvalue weighted by atomic mass is 9.94. The third-order valence-electron chi connectivity index (χ3n) is 5.87. The van der Waals surface area contributed by atoms with Gasteiger partial charge in [-0.3, -0.25) is 19.4 Å². The number of pyridine rings is 1. The SMILES string of the molecule is Cc1ccc2cccc(NC(=O)C(=O)N[C@H]3CCN(C4CCCCC4)C3=O)c2n1. The van der Waals surface area contributed by atoms with Crippen LogP contribution in [0.2, 0.25) is 0 Å². The third-order valence-corrected chi connectivity index (χ3v) is 5.87. The Labute approximate surface area is 169 Å². The minimum absolute atomic E-state index is 0.0690. The normalized spacial score (nSPS) is 20.1. The molecule has 3 amide bonds. The van der Waals surface area contributed by atoms with Gasteiger partial charge in [0.05, 0.1) is 11.2 Å². The summed E-state index contributed by atoms with van der Waals surface area (Å²) in [7, 11) is 0. The first kappa shape index (κ1) is 19.4. The zero-order valence-electron chi connectivity index (χ0n) is 16.6. The lowest BCUT2D eigenvalue weighted by Crippen LogP contribution is -2.47. The smallest absolute Gasteiger partial charge is 0.313 e. The van der Waals surface area contributed by atoms with Crippen molar-refractivity contribution in [2.24, 2.45) is 0 Å². The summed E-state index contributed by atoms with van der Waals surface area (Å²) < 4.78 is 0. The fourth-order valence-corrected chi connectivity index (χ4v) is 4.34. The van der Waals surface area contributed by atoms with Crippen LogP contribution in [0.15, 0.2) is 30.3 Å². The van der Waals surface area contributed by atoms with Crippen molar-refractivity contribution < 1.29 is 14.4 Å². The number of carbonyl (C=O) groups excluding carboxylic acids is 3. The summed E-state index contributed by atoms with van der Waals surface area (Å²) in [6.07, 6.45) is 6.12. The first-order valence-corrected chi connectivity index (χ1v) is 10.3. The highest BCUT2D eigenvalue weighted by Gasteiger charge is 2.37. The van der Waals surface area contributed by atoms with Crippen molar-refractivity contribution in [3.8, 4) is 0 Å². The van der Waals surface area contributed by atoms with Crippen molar-refractivity contribution in [2.75, 3.05) is 11.9 Å². The van der Waals surface area contributed by atoms with Crippen LogP contribution < -0.4 is 10.6 Å². The molecule has 1 saturated carbocycles. The van der Waals surface area contributed by atoms with E-state index in [0.717, 1.165) is 36.8 Å². The maximum atomic E-state index is 12.7. The van der Waals surface area contributed by atoms with Gasteiger partial charge in [0, 0.05) is 23.7 Å². The zero-order chi connectivity index (χ0) is 20.4. The highest BCUT2D eigenvalue weighted by molar-refractivity contribution is 6.40. The molecular formula is C22H26N4O3. The van der Waals surface area contributed by atoms with E-state index in [2.05, 4.69) is 15.6 Å². The molecule has 0 spiro atoms. The molecular weight excluding hydrogens is 368 g/mol. The average molecular weight is 394 g/mol. The van der Waals surface area contributed by atoms with Gasteiger partial charge in [0.25, 0.3) is 0 Å². The van der Waals surface area contributed by atoms with E-state index in [-0.39, 0.29) is 11.9 Å². The Morgan fingerprint density at radius 3 is 2.62 bits per heavy atom. The number of hydrogen-bond acceptors (Lipinski definition) is 4. The number of rotatable bonds is 3. The molecule has 1 saturated heterocycles. The van der Waals surface area contributed by atoms with Gasteiger partial charge in [0.2, 0.25) is 5.91 Å². The molecule has 4 rings (SSSR count). The molecule has 0 unspecified atom stereocenters. The van der Waals surface area contributed by atoms with E-state index in [0.29, 0.717) is 24.2 Å². The van der Waals surface area contributed by atoms with Crippen molar-refractivity contribution >= 4 is 34.3 Å². The fourth-order valence-electron chi connectivity index (χ4n) is 4.34. The summed E-state index contributed by atoms with van der Waals surface area (Å²) in [6, 6.07) is 8.88. The predicted octanol–water partition coefficient (Wildman–Crippen LogP) is 2.53. The summed E-state index contributed by atoms with van der Waals surface area (Å²) in [5, 5.41) is 6.13. The van der Waals surface area contributed by atoms with Gasteiger partial charge < -0.3 is 15.5 Å². The van der Waals surface area contributed by atoms with Gasteiger partial charge in [-0.25, -0.2) is 0 Å². The molecule has 152 valence electrons. The molecule has 1 aliphatic carbocycles. The van der Waals surface area contributed by atoms with Crippen LogP contribution in [0.4, 0.5) is 5.69 Å². The molecule has 7 nitrogen and oxygen atoms in total. The standard InChI is InChI=1S/C22H26N4O3/c1-14-10-11-15-6-5-9-17(19(15)23-14)24-20(27)21(28)25-18-12-13-26(22(18)29)16-7-3-2-4-8-16/h5-6,9-11,16,18H,2-4,7-8,12-13H2,1H3,(H,24,27)(H,25,28)/t18-/m0/s1. The molecule has 2 aliphatic rings. The van der Waals surface area contributed by atoms with Gasteiger partial charge in [-0.2, -0.15) is 0 Å². The highest BCUT2D eigenvalue weighted by atomic mass is 16.2. The van der Waals surface area contributed by atoms with Gasteiger partial charge in [0.15, 0.2) is 0 Å². The molecule has 1 aliphatic heterocycles. The van der Waals surface area contributed by atoms with Crippen LogP contribution in [0, 0.1) is 6.92 Å². The molecule has 7 heteroatoms. The van der Waals surface area contributed by atoms with E-state index in [1.807, 2.05) is 30.0 Å². The fraction of sp³-hybridized carbons (Fsp3) is 0.455. The molecule has 2 fully saturated rings. The van der Waals surface area contributed by atoms with E-state index >= 15 is 0 Å². The Balaban J connectivity index is 1.40. The monoisotopic (exact) mass is 394 g/mol. The minimum Gasteiger partial charge on any atom is -0.338 e. The van der Waals surface area contributed by atoms with Crippen molar-refractivity contribution in [3.63, 3.8) is 0 Å². The average Bonchev–Trinajstić information content (AvgIpc) is 3.09. The molecule has 0 bridgehead atoms. The van der Waals surface area contributed by atoms with Crippen molar-refractivity contribution in [1.82, 2.24) is 15.2 Å². The van der Waals surface area contributed by atoms with Gasteiger partial charge in [-0.05, 0) is 38.3 Å². The van der Waals surface area contributed by atoms with Crippen LogP contribution in [0.5, 0.6) is 0 Å². The maximum Gasteiger partial charge on any atom is 0.313 e. The quantitative estimate of drug-likeness (QED) is 0.783. The third kappa shape index (κ3) is 4.09. The maximum absolute atomic E-state index is 12.7. The van der Waals surface area contributed by atoms with E-state index in [9.17, 15) is 14.4 Å². The van der Waals surface area contributed by atoms with Crippen LogP contribution in [-0.4, -0.2) is 46.2 Å². The topological polar surface area (TPSA) is 91.4 Å². The van der Waals surface area contributed by atoms with Crippen LogP contribution >= 0.6 is 0 Å². The number of aryl methyl sites for hydroxylation is 1. The second-order valence-electron chi connectivity index (χ2n) is 7.92. The number of amides is 3. The summed E-state index contributed by atoms with van der Waals surface area (Å²) in [6.45, 7) is 2.51. The van der Waals surface area contributed by atoms with Gasteiger partial charge in [-0.15, -0.1) is 0 Å². The number of para-hydroxylation sites is 1. The summed E-state index contributed by atoms with van der Waals surface area (Å²) in [4.78, 5) is 43.9. The second-order valence-corrected chi connectivity index (χ2v) is 7.92. The van der Waals surface area contributed by atoms with Crippen LogP contribution in [0.1, 0.15) is 44.2 Å². The summed E-state index contributed by atoms with van der Waals surface area (Å²) in [5.41, 5.74) is 1.94. The Bertz CT molecular complexity index is 952. The molecule has 1 atom stereocenters. The lowest BCUT2D eigenvalue weighted by molar-refractivity contribution is -0.139. The zero-order valence-corrected chi connectivity index (χ0v) is 16.6. The minimum atomic E-state index is -0.793. The van der Waals surface area contributed by atoms with E-state index in [1.54, 1.807) is 12.1 Å². The number of aromatic nitrogens is 1. The number of hydrogen-bond donors (Lipinski definition) is 2. The number of nitrogens with one attached hydrogen (secondary N) is 2. The molecule has 2 N–H and O–H groups in total. The van der Waals surface area contributed by atoms with Crippen LogP contribution in [0.25, 0.3) is 10.9 Å². The highest BCUT2D eigenvalue weighted by Crippen LogP contribution is 2.26. The van der Waals surface area contributed by atoms with Crippen LogP contribution in [-0.2, 0) is 14.4 Å². The summed E-state index contributed by atoms with van der Waals surface area (Å²) >= 11 is 0. The largest absolute Gasteiger partial charge is 0.338 e. The van der Waals surface area contributed by atoms with Crippen molar-refractivity contribution in [3.05, 3.63) is 36.0 Å². The van der Waals surface area contributed by atoms with Crippen LogP contribution in [0.3, 0.4) is 0 Å². The second kappa shape index (κ2) is 8.19. The number of nitrogens with zero attached hydrogens (tertiary/aromatic N) is 2. The van der Waals surface area contributed by atoms with Gasteiger partial charge in [0.1, 0.15) is 6.04 Å². The number of anilines is 1. The molecule has 1 aromatic heterocycles. The Morgan fingerprint density at radius 1 is 1.03 bits per heavy atom. The molecule has 2 aromatic rings. The van der Waals surface area contributed by atoms with Gasteiger partial charge in [-0.1, -0.05) is 37.5 Å². The Morgan fingerprint density at radius 2 is 1.83 bits per heavy atom. The van der Waals surface area contributed by atoms with E-state index < -0.39 is 17.9 Å². The number of carbonyl (C=O) groups is 3. The number of likely N-dealkylation sites (tertiary alicyclic amines) is 1. The molecule has 2 heterocycles. The number of benzene rings is 1. The van der Waals surface area contributed by atoms with Crippen molar-refractivity contribution in [1.29, 1.82) is 0 Å². The van der Waals surface area contributed by atoms with Crippen molar-refractivity contribution in [2.45, 2.75) is 57.5 Å². The Kier molecular flexibility index (Phi) is 5.47. The molecule has 1 aromatic carbocycles. The summed E-state index contributed by atoms with van der Waals surface area (Å²) in [5.74, 6) is -1.65. The lowest BCUT2D eigenvalue weighted by Gasteiger charge is -2.31. The van der Waals surface area contributed by atoms with Gasteiger partial charge >= 0.3 is 11.8 Å². The number of fused-ring (bicyclic) bond motifs is 1.